The van der Waals surface area contributed by atoms with Gasteiger partial charge in [0.25, 0.3) is 0 Å². The van der Waals surface area contributed by atoms with Gasteiger partial charge < -0.3 is 9.47 Å². The third-order valence-corrected chi connectivity index (χ3v) is 4.68. The minimum absolute atomic E-state index is 0.183. The van der Waals surface area contributed by atoms with Crippen molar-refractivity contribution < 1.29 is 14.3 Å². The van der Waals surface area contributed by atoms with E-state index in [0.29, 0.717) is 12.2 Å². The summed E-state index contributed by atoms with van der Waals surface area (Å²) in [7, 11) is 0. The average molecular weight is 386 g/mol. The van der Waals surface area contributed by atoms with Crippen molar-refractivity contribution >= 4 is 17.0 Å². The van der Waals surface area contributed by atoms with Gasteiger partial charge in [-0.25, -0.2) is 9.78 Å². The Kier molecular flexibility index (Phi) is 5.29. The zero-order valence-corrected chi connectivity index (χ0v) is 16.5. The largest absolute Gasteiger partial charge is 0.490 e. The summed E-state index contributed by atoms with van der Waals surface area (Å²) < 4.78 is 13.0. The van der Waals surface area contributed by atoms with Crippen LogP contribution < -0.4 is 4.74 Å². The molecule has 0 aliphatic heterocycles. The van der Waals surface area contributed by atoms with Crippen molar-refractivity contribution in [2.24, 2.45) is 0 Å². The highest BCUT2D eigenvalue weighted by molar-refractivity contribution is 5.94. The van der Waals surface area contributed by atoms with Crippen molar-refractivity contribution in [1.82, 2.24) is 9.55 Å². The lowest BCUT2D eigenvalue weighted by molar-refractivity contribution is 0.0450. The monoisotopic (exact) mass is 386 g/mol. The quantitative estimate of drug-likeness (QED) is 0.350. The smallest absolute Gasteiger partial charge is 0.338 e. The molecule has 0 radical (unpaired) electrons. The van der Waals surface area contributed by atoms with E-state index < -0.39 is 0 Å². The Morgan fingerprint density at radius 3 is 2.45 bits per heavy atom. The maximum absolute atomic E-state index is 12.4. The third kappa shape index (κ3) is 4.14. The summed E-state index contributed by atoms with van der Waals surface area (Å²) in [5.74, 6) is 1.24. The van der Waals surface area contributed by atoms with E-state index in [1.54, 1.807) is 12.1 Å². The number of rotatable bonds is 6. The average Bonchev–Trinajstić information content (AvgIpc) is 3.07. The van der Waals surface area contributed by atoms with E-state index in [4.69, 9.17) is 9.47 Å². The molecule has 0 aliphatic rings. The number of para-hydroxylation sites is 1. The molecule has 4 rings (SSSR count). The highest BCUT2D eigenvalue weighted by Crippen LogP contribution is 2.22. The third-order valence-electron chi connectivity index (χ3n) is 4.68. The van der Waals surface area contributed by atoms with Crippen LogP contribution in [0.4, 0.5) is 0 Å². The second-order valence-corrected chi connectivity index (χ2v) is 6.83. The molecule has 4 aromatic rings. The van der Waals surface area contributed by atoms with Crippen LogP contribution in [-0.4, -0.2) is 28.7 Å². The van der Waals surface area contributed by atoms with Crippen molar-refractivity contribution in [3.05, 3.63) is 89.7 Å². The van der Waals surface area contributed by atoms with Crippen LogP contribution in [0.3, 0.4) is 0 Å². The second kappa shape index (κ2) is 8.19. The highest BCUT2D eigenvalue weighted by Gasteiger charge is 2.13. The van der Waals surface area contributed by atoms with Crippen molar-refractivity contribution in [3.8, 4) is 11.4 Å². The lowest BCUT2D eigenvalue weighted by atomic mass is 10.2. The topological polar surface area (TPSA) is 53.4 Å². The number of esters is 1. The van der Waals surface area contributed by atoms with Gasteiger partial charge >= 0.3 is 5.97 Å². The summed E-state index contributed by atoms with van der Waals surface area (Å²) in [6.45, 7) is 4.46. The van der Waals surface area contributed by atoms with Gasteiger partial charge in [0, 0.05) is 5.69 Å². The summed E-state index contributed by atoms with van der Waals surface area (Å²) in [5.41, 5.74) is 4.40. The summed E-state index contributed by atoms with van der Waals surface area (Å²) in [4.78, 5) is 17.0. The van der Waals surface area contributed by atoms with Gasteiger partial charge in [0.2, 0.25) is 0 Å². The number of carbonyl (C=O) groups is 1. The standard InChI is InChI=1S/C24H22N2O3/c1-17-8-11-21(12-9-17)28-14-15-29-24(27)19-10-13-23-22(16-19)25-18(2)26(23)20-6-4-3-5-7-20/h3-13,16H,14-15H2,1-2H3. The number of carbonyl (C=O) groups excluding carboxylic acids is 1. The van der Waals surface area contributed by atoms with E-state index in [-0.39, 0.29) is 12.6 Å². The number of imidazole rings is 1. The van der Waals surface area contributed by atoms with Gasteiger partial charge in [-0.2, -0.15) is 0 Å². The van der Waals surface area contributed by atoms with Gasteiger partial charge in [-0.05, 0) is 56.3 Å². The zero-order valence-electron chi connectivity index (χ0n) is 16.5. The van der Waals surface area contributed by atoms with Gasteiger partial charge in [0.1, 0.15) is 24.8 Å². The van der Waals surface area contributed by atoms with Crippen molar-refractivity contribution in [2.45, 2.75) is 13.8 Å². The molecule has 146 valence electrons. The lowest BCUT2D eigenvalue weighted by Gasteiger charge is -2.08. The summed E-state index contributed by atoms with van der Waals surface area (Å²) in [6, 6.07) is 23.2. The second-order valence-electron chi connectivity index (χ2n) is 6.83. The van der Waals surface area contributed by atoms with E-state index in [1.165, 1.54) is 5.56 Å². The van der Waals surface area contributed by atoms with Gasteiger partial charge in [0.05, 0.1) is 16.6 Å². The molecule has 0 spiro atoms. The summed E-state index contributed by atoms with van der Waals surface area (Å²) >= 11 is 0. The lowest BCUT2D eigenvalue weighted by Crippen LogP contribution is -2.12. The Morgan fingerprint density at radius 1 is 0.931 bits per heavy atom. The first-order valence-electron chi connectivity index (χ1n) is 9.53. The molecule has 0 atom stereocenters. The van der Waals surface area contributed by atoms with E-state index in [0.717, 1.165) is 28.3 Å². The number of aromatic nitrogens is 2. The number of hydrogen-bond donors (Lipinski definition) is 0. The first kappa shape index (κ1) is 18.7. The Hall–Kier alpha value is -3.60. The zero-order chi connectivity index (χ0) is 20.2. The molecule has 1 aromatic heterocycles. The number of hydrogen-bond acceptors (Lipinski definition) is 4. The Morgan fingerprint density at radius 2 is 1.69 bits per heavy atom. The SMILES string of the molecule is Cc1ccc(OCCOC(=O)c2ccc3c(c2)nc(C)n3-c2ccccc2)cc1. The molecule has 5 heteroatoms. The van der Waals surface area contributed by atoms with Crippen molar-refractivity contribution in [3.63, 3.8) is 0 Å². The molecule has 3 aromatic carbocycles. The maximum atomic E-state index is 12.4. The van der Waals surface area contributed by atoms with Crippen molar-refractivity contribution in [2.75, 3.05) is 13.2 Å². The Balaban J connectivity index is 1.42. The van der Waals surface area contributed by atoms with Gasteiger partial charge in [-0.3, -0.25) is 4.57 Å². The number of fused-ring (bicyclic) bond motifs is 1. The van der Waals surface area contributed by atoms with Crippen molar-refractivity contribution in [1.29, 1.82) is 0 Å². The molecule has 0 bridgehead atoms. The predicted octanol–water partition coefficient (Wildman–Crippen LogP) is 4.88. The normalized spacial score (nSPS) is 10.8. The van der Waals surface area contributed by atoms with Crippen LogP contribution in [0.25, 0.3) is 16.7 Å². The van der Waals surface area contributed by atoms with Crippen LogP contribution in [0.1, 0.15) is 21.7 Å². The van der Waals surface area contributed by atoms with Gasteiger partial charge in [-0.1, -0.05) is 35.9 Å². The summed E-state index contributed by atoms with van der Waals surface area (Å²) in [5, 5.41) is 0. The number of nitrogens with zero attached hydrogens (tertiary/aromatic N) is 2. The minimum Gasteiger partial charge on any atom is -0.490 e. The van der Waals surface area contributed by atoms with E-state index >= 15 is 0 Å². The van der Waals surface area contributed by atoms with Crippen LogP contribution in [0.15, 0.2) is 72.8 Å². The van der Waals surface area contributed by atoms with Crippen LogP contribution in [0, 0.1) is 13.8 Å². The van der Waals surface area contributed by atoms with Gasteiger partial charge in [-0.15, -0.1) is 0 Å². The van der Waals surface area contributed by atoms with E-state index in [9.17, 15) is 4.79 Å². The molecule has 0 amide bonds. The summed E-state index contributed by atoms with van der Waals surface area (Å²) in [6.07, 6.45) is 0. The van der Waals surface area contributed by atoms with Gasteiger partial charge in [0.15, 0.2) is 0 Å². The predicted molar refractivity (Wildman–Crippen MR) is 113 cm³/mol. The number of ether oxygens (including phenoxy) is 2. The van der Waals surface area contributed by atoms with Crippen LogP contribution in [0.5, 0.6) is 5.75 Å². The molecule has 0 saturated carbocycles. The van der Waals surface area contributed by atoms with Crippen LogP contribution in [-0.2, 0) is 4.74 Å². The molecule has 0 unspecified atom stereocenters. The molecule has 5 nitrogen and oxygen atoms in total. The molecule has 1 heterocycles. The fourth-order valence-electron chi connectivity index (χ4n) is 3.24. The van der Waals surface area contributed by atoms with E-state index in [1.807, 2.05) is 74.5 Å². The van der Waals surface area contributed by atoms with Crippen LogP contribution in [0.2, 0.25) is 0 Å². The maximum Gasteiger partial charge on any atom is 0.338 e. The molecule has 0 fully saturated rings. The first-order valence-corrected chi connectivity index (χ1v) is 9.53. The first-order chi connectivity index (χ1) is 14.1. The fourth-order valence-corrected chi connectivity index (χ4v) is 3.24. The number of benzene rings is 3. The molecule has 0 aliphatic carbocycles. The molecule has 0 N–H and O–H groups in total. The number of aryl methyl sites for hydroxylation is 2. The fraction of sp³-hybridized carbons (Fsp3) is 0.167. The Bertz CT molecular complexity index is 1130. The molecule has 0 saturated heterocycles. The van der Waals surface area contributed by atoms with Crippen LogP contribution >= 0.6 is 0 Å². The minimum atomic E-state index is -0.383. The Labute approximate surface area is 169 Å². The molecule has 29 heavy (non-hydrogen) atoms. The highest BCUT2D eigenvalue weighted by atomic mass is 16.6. The molecular weight excluding hydrogens is 364 g/mol. The van der Waals surface area contributed by atoms with E-state index in [2.05, 4.69) is 9.55 Å². The molecular formula is C24H22N2O3.